The van der Waals surface area contributed by atoms with E-state index in [1.165, 1.54) is 0 Å². The molecule has 0 saturated carbocycles. The Morgan fingerprint density at radius 2 is 1.92 bits per heavy atom. The third kappa shape index (κ3) is 3.98. The van der Waals surface area contributed by atoms with Gasteiger partial charge in [-0.25, -0.2) is 0 Å². The molecule has 1 rings (SSSR count). The predicted octanol–water partition coefficient (Wildman–Crippen LogP) is 2.43. The molecule has 0 fully saturated rings. The quantitative estimate of drug-likeness (QED) is 0.567. The lowest BCUT2D eigenvalue weighted by atomic mass is 10.2. The van der Waals surface area contributed by atoms with E-state index in [9.17, 15) is 0 Å². The minimum absolute atomic E-state index is 0.704. The fourth-order valence-electron chi connectivity index (χ4n) is 0.888. The second-order valence-corrected chi connectivity index (χ2v) is 3.14. The van der Waals surface area contributed by atoms with Crippen LogP contribution in [0.15, 0.2) is 24.3 Å². The van der Waals surface area contributed by atoms with Crippen molar-refractivity contribution in [3.63, 3.8) is 0 Å². The van der Waals surface area contributed by atoms with Gasteiger partial charge in [0.25, 0.3) is 0 Å². The molecular formula is C11H12ClN. The van der Waals surface area contributed by atoms with Crippen LogP contribution in [0, 0.1) is 11.8 Å². The monoisotopic (exact) mass is 193 g/mol. The van der Waals surface area contributed by atoms with Crippen LogP contribution in [0.3, 0.4) is 0 Å². The first-order chi connectivity index (χ1) is 6.33. The van der Waals surface area contributed by atoms with E-state index in [-0.39, 0.29) is 0 Å². The number of nitrogens with two attached hydrogens (primary N) is 1. The molecule has 0 aromatic heterocycles. The maximum absolute atomic E-state index is 5.73. The van der Waals surface area contributed by atoms with E-state index >= 15 is 0 Å². The van der Waals surface area contributed by atoms with Gasteiger partial charge in [0.2, 0.25) is 0 Å². The summed E-state index contributed by atoms with van der Waals surface area (Å²) < 4.78 is 0. The van der Waals surface area contributed by atoms with Gasteiger partial charge in [-0.05, 0) is 37.2 Å². The van der Waals surface area contributed by atoms with E-state index in [4.69, 9.17) is 17.3 Å². The summed E-state index contributed by atoms with van der Waals surface area (Å²) in [6.07, 6.45) is 1.82. The van der Waals surface area contributed by atoms with Crippen molar-refractivity contribution in [2.24, 2.45) is 5.73 Å². The van der Waals surface area contributed by atoms with Crippen molar-refractivity contribution in [3.8, 4) is 11.8 Å². The average molecular weight is 194 g/mol. The third-order valence-electron chi connectivity index (χ3n) is 1.58. The fraction of sp³-hybridized carbons (Fsp3) is 0.273. The zero-order chi connectivity index (χ0) is 9.52. The van der Waals surface area contributed by atoms with Crippen molar-refractivity contribution >= 4 is 11.6 Å². The van der Waals surface area contributed by atoms with Crippen LogP contribution in [0.4, 0.5) is 0 Å². The Morgan fingerprint density at radius 1 is 1.23 bits per heavy atom. The molecule has 0 radical (unpaired) electrons. The fourth-order valence-corrected chi connectivity index (χ4v) is 1.01. The molecule has 0 saturated heterocycles. The first-order valence-corrected chi connectivity index (χ1v) is 4.65. The molecule has 68 valence electrons. The second kappa shape index (κ2) is 5.64. The molecule has 0 bridgehead atoms. The molecular weight excluding hydrogens is 182 g/mol. The first kappa shape index (κ1) is 10.1. The maximum atomic E-state index is 5.73. The summed E-state index contributed by atoms with van der Waals surface area (Å²) in [6.45, 7) is 0.704. The van der Waals surface area contributed by atoms with Crippen LogP contribution in [-0.2, 0) is 0 Å². The Kier molecular flexibility index (Phi) is 4.39. The number of hydrogen-bond donors (Lipinski definition) is 1. The number of hydrogen-bond acceptors (Lipinski definition) is 1. The third-order valence-corrected chi connectivity index (χ3v) is 1.83. The first-order valence-electron chi connectivity index (χ1n) is 4.27. The van der Waals surface area contributed by atoms with Gasteiger partial charge in [0.15, 0.2) is 0 Å². The summed E-state index contributed by atoms with van der Waals surface area (Å²) in [5.41, 5.74) is 6.34. The Morgan fingerprint density at radius 3 is 2.54 bits per heavy atom. The highest BCUT2D eigenvalue weighted by Crippen LogP contribution is 2.08. The zero-order valence-corrected chi connectivity index (χ0v) is 8.14. The van der Waals surface area contributed by atoms with Crippen molar-refractivity contribution in [3.05, 3.63) is 34.9 Å². The lowest BCUT2D eigenvalue weighted by Crippen LogP contribution is -1.96. The van der Waals surface area contributed by atoms with Crippen LogP contribution in [0.1, 0.15) is 18.4 Å². The summed E-state index contributed by atoms with van der Waals surface area (Å²) in [7, 11) is 0. The van der Waals surface area contributed by atoms with E-state index in [2.05, 4.69) is 11.8 Å². The summed E-state index contributed by atoms with van der Waals surface area (Å²) in [5.74, 6) is 6.09. The highest BCUT2D eigenvalue weighted by atomic mass is 35.5. The molecule has 0 atom stereocenters. The highest BCUT2D eigenvalue weighted by molar-refractivity contribution is 6.30. The van der Waals surface area contributed by atoms with Crippen molar-refractivity contribution in [2.45, 2.75) is 12.8 Å². The van der Waals surface area contributed by atoms with Crippen LogP contribution in [-0.4, -0.2) is 6.54 Å². The molecule has 0 unspecified atom stereocenters. The Balaban J connectivity index is 2.52. The van der Waals surface area contributed by atoms with Gasteiger partial charge in [-0.1, -0.05) is 23.4 Å². The predicted molar refractivity (Wildman–Crippen MR) is 56.6 cm³/mol. The minimum atomic E-state index is 0.704. The summed E-state index contributed by atoms with van der Waals surface area (Å²) in [5, 5.41) is 0.743. The molecule has 0 aliphatic rings. The van der Waals surface area contributed by atoms with E-state index in [1.54, 1.807) is 0 Å². The van der Waals surface area contributed by atoms with E-state index in [1.807, 2.05) is 24.3 Å². The molecule has 1 aromatic rings. The van der Waals surface area contributed by atoms with Crippen LogP contribution in [0.25, 0.3) is 0 Å². The van der Waals surface area contributed by atoms with Crippen LogP contribution < -0.4 is 5.73 Å². The minimum Gasteiger partial charge on any atom is -0.330 e. The largest absolute Gasteiger partial charge is 0.330 e. The Labute approximate surface area is 83.9 Å². The molecule has 13 heavy (non-hydrogen) atoms. The van der Waals surface area contributed by atoms with Gasteiger partial charge in [-0.2, -0.15) is 0 Å². The number of halogens is 1. The molecule has 0 aliphatic heterocycles. The molecule has 0 spiro atoms. The number of rotatable bonds is 2. The van der Waals surface area contributed by atoms with Crippen LogP contribution >= 0.6 is 11.6 Å². The molecule has 2 N–H and O–H groups in total. The molecule has 2 heteroatoms. The van der Waals surface area contributed by atoms with E-state index in [0.29, 0.717) is 6.54 Å². The van der Waals surface area contributed by atoms with Crippen molar-refractivity contribution < 1.29 is 0 Å². The average Bonchev–Trinajstić information content (AvgIpc) is 2.15. The number of unbranched alkanes of at least 4 members (excludes halogenated alkanes) is 1. The van der Waals surface area contributed by atoms with E-state index in [0.717, 1.165) is 23.4 Å². The van der Waals surface area contributed by atoms with E-state index < -0.39 is 0 Å². The highest BCUT2D eigenvalue weighted by Gasteiger charge is 1.86. The standard InChI is InChI=1S/C11H12ClN/c12-11-7-5-10(6-8-11)4-2-1-3-9-13/h5-8H,1,3,9,13H2. The molecule has 0 aliphatic carbocycles. The Hall–Kier alpha value is -0.970. The van der Waals surface area contributed by atoms with Crippen molar-refractivity contribution in [1.82, 2.24) is 0 Å². The van der Waals surface area contributed by atoms with Gasteiger partial charge < -0.3 is 5.73 Å². The second-order valence-electron chi connectivity index (χ2n) is 2.70. The topological polar surface area (TPSA) is 26.0 Å². The van der Waals surface area contributed by atoms with Crippen molar-refractivity contribution in [2.75, 3.05) is 6.54 Å². The van der Waals surface area contributed by atoms with Gasteiger partial charge in [0.05, 0.1) is 0 Å². The van der Waals surface area contributed by atoms with Gasteiger partial charge >= 0.3 is 0 Å². The maximum Gasteiger partial charge on any atom is 0.0406 e. The Bertz CT molecular complexity index is 305. The molecule has 0 heterocycles. The van der Waals surface area contributed by atoms with Crippen LogP contribution in [0.5, 0.6) is 0 Å². The lowest BCUT2D eigenvalue weighted by molar-refractivity contribution is 0.870. The summed E-state index contributed by atoms with van der Waals surface area (Å²) in [4.78, 5) is 0. The van der Waals surface area contributed by atoms with Crippen molar-refractivity contribution in [1.29, 1.82) is 0 Å². The summed E-state index contributed by atoms with van der Waals surface area (Å²) in [6, 6.07) is 7.51. The van der Waals surface area contributed by atoms with Gasteiger partial charge in [-0.3, -0.25) is 0 Å². The normalized spacial score (nSPS) is 9.08. The van der Waals surface area contributed by atoms with Gasteiger partial charge in [0.1, 0.15) is 0 Å². The van der Waals surface area contributed by atoms with Gasteiger partial charge in [0, 0.05) is 17.0 Å². The zero-order valence-electron chi connectivity index (χ0n) is 7.39. The van der Waals surface area contributed by atoms with Crippen LogP contribution in [0.2, 0.25) is 5.02 Å². The molecule has 0 amide bonds. The number of benzene rings is 1. The smallest absolute Gasteiger partial charge is 0.0406 e. The summed E-state index contributed by atoms with van der Waals surface area (Å²) >= 11 is 5.73. The SMILES string of the molecule is NCCCC#Cc1ccc(Cl)cc1. The lowest BCUT2D eigenvalue weighted by Gasteiger charge is -1.90. The molecule has 1 nitrogen and oxygen atoms in total. The molecule has 1 aromatic carbocycles. The van der Waals surface area contributed by atoms with Gasteiger partial charge in [-0.15, -0.1) is 0 Å².